The van der Waals surface area contributed by atoms with Crippen molar-refractivity contribution >= 4 is 33.3 Å². The lowest BCUT2D eigenvalue weighted by Crippen LogP contribution is -2.04. The van der Waals surface area contributed by atoms with E-state index in [4.69, 9.17) is 21.8 Å². The number of anilines is 1. The summed E-state index contributed by atoms with van der Waals surface area (Å²) in [6.07, 6.45) is 0.447. The number of aromatic nitrogens is 1. The Labute approximate surface area is 105 Å². The molecule has 0 aromatic carbocycles. The van der Waals surface area contributed by atoms with Crippen LogP contribution in [0, 0.1) is 0 Å². The van der Waals surface area contributed by atoms with Gasteiger partial charge < -0.3 is 15.3 Å². The second kappa shape index (κ2) is 4.45. The highest BCUT2D eigenvalue weighted by Gasteiger charge is 2.18. The Morgan fingerprint density at radius 3 is 2.88 bits per heavy atom. The topological polar surface area (TPSA) is 72.3 Å². The summed E-state index contributed by atoms with van der Waals surface area (Å²) in [4.78, 5) is 3.86. The van der Waals surface area contributed by atoms with Crippen LogP contribution in [0.4, 0.5) is 5.82 Å². The number of nitrogens with zero attached hydrogens (tertiary/aromatic N) is 1. The number of nitrogen functional groups attached to an aromatic ring is 1. The molecule has 16 heavy (non-hydrogen) atoms. The van der Waals surface area contributed by atoms with Gasteiger partial charge in [-0.05, 0) is 34.1 Å². The molecule has 0 fully saturated rings. The summed E-state index contributed by atoms with van der Waals surface area (Å²) in [5.41, 5.74) is 6.08. The fraction of sp³-hybridized carbons (Fsp3) is 0.100. The SMILES string of the molecule is Nc1ncc(Cl)cc1C(O)c1ccc(Br)o1. The van der Waals surface area contributed by atoms with Crippen molar-refractivity contribution < 1.29 is 9.52 Å². The average Bonchev–Trinajstić information content (AvgIpc) is 2.67. The molecule has 0 aliphatic rings. The zero-order valence-corrected chi connectivity index (χ0v) is 10.4. The van der Waals surface area contributed by atoms with Crippen LogP contribution < -0.4 is 5.73 Å². The lowest BCUT2D eigenvalue weighted by atomic mass is 10.1. The first-order chi connectivity index (χ1) is 7.58. The molecule has 4 nitrogen and oxygen atoms in total. The first kappa shape index (κ1) is 11.4. The fourth-order valence-corrected chi connectivity index (χ4v) is 1.80. The van der Waals surface area contributed by atoms with E-state index in [-0.39, 0.29) is 5.82 Å². The van der Waals surface area contributed by atoms with Crippen molar-refractivity contribution in [2.24, 2.45) is 0 Å². The third-order valence-corrected chi connectivity index (χ3v) is 2.71. The quantitative estimate of drug-likeness (QED) is 0.895. The van der Waals surface area contributed by atoms with Gasteiger partial charge in [0.15, 0.2) is 4.67 Å². The van der Waals surface area contributed by atoms with Crippen molar-refractivity contribution in [3.8, 4) is 0 Å². The van der Waals surface area contributed by atoms with Gasteiger partial charge in [-0.2, -0.15) is 0 Å². The van der Waals surface area contributed by atoms with Crippen molar-refractivity contribution in [1.82, 2.24) is 4.98 Å². The Bertz CT molecular complexity index is 515. The molecule has 2 aromatic rings. The molecule has 1 atom stereocenters. The Morgan fingerprint density at radius 2 is 2.25 bits per heavy atom. The van der Waals surface area contributed by atoms with E-state index in [1.54, 1.807) is 18.2 Å². The largest absolute Gasteiger partial charge is 0.451 e. The first-order valence-corrected chi connectivity index (χ1v) is 5.59. The lowest BCUT2D eigenvalue weighted by molar-refractivity contribution is 0.188. The number of aliphatic hydroxyl groups is 1. The minimum Gasteiger partial charge on any atom is -0.451 e. The van der Waals surface area contributed by atoms with Gasteiger partial charge in [-0.1, -0.05) is 11.6 Å². The Kier molecular flexibility index (Phi) is 3.18. The third-order valence-electron chi connectivity index (χ3n) is 2.07. The smallest absolute Gasteiger partial charge is 0.169 e. The van der Waals surface area contributed by atoms with Crippen LogP contribution in [-0.2, 0) is 0 Å². The van der Waals surface area contributed by atoms with Crippen LogP contribution in [0.3, 0.4) is 0 Å². The molecule has 2 rings (SSSR count). The molecule has 0 spiro atoms. The number of hydrogen-bond donors (Lipinski definition) is 2. The maximum absolute atomic E-state index is 10.0. The lowest BCUT2D eigenvalue weighted by Gasteiger charge is -2.10. The summed E-state index contributed by atoms with van der Waals surface area (Å²) < 4.78 is 5.77. The highest BCUT2D eigenvalue weighted by Crippen LogP contribution is 2.29. The Morgan fingerprint density at radius 1 is 1.50 bits per heavy atom. The van der Waals surface area contributed by atoms with Crippen LogP contribution in [-0.4, -0.2) is 10.1 Å². The molecule has 6 heteroatoms. The number of rotatable bonds is 2. The standard InChI is InChI=1S/C10H8BrClN2O2/c11-8-2-1-7(16-8)9(15)6-3-5(12)4-14-10(6)13/h1-4,9,15H,(H2,13,14). The van der Waals surface area contributed by atoms with Crippen molar-refractivity contribution in [2.45, 2.75) is 6.10 Å². The zero-order chi connectivity index (χ0) is 11.7. The zero-order valence-electron chi connectivity index (χ0n) is 8.02. The highest BCUT2D eigenvalue weighted by atomic mass is 79.9. The number of pyridine rings is 1. The van der Waals surface area contributed by atoms with E-state index in [1.165, 1.54) is 6.20 Å². The molecule has 2 heterocycles. The van der Waals surface area contributed by atoms with Crippen LogP contribution in [0.25, 0.3) is 0 Å². The molecule has 0 amide bonds. The number of furan rings is 1. The molecule has 2 aromatic heterocycles. The van der Waals surface area contributed by atoms with Gasteiger partial charge in [-0.15, -0.1) is 0 Å². The fourth-order valence-electron chi connectivity index (χ4n) is 1.31. The molecule has 1 unspecified atom stereocenters. The molecule has 0 aliphatic carbocycles. The molecule has 0 saturated heterocycles. The summed E-state index contributed by atoms with van der Waals surface area (Å²) in [5, 5.41) is 10.4. The highest BCUT2D eigenvalue weighted by molar-refractivity contribution is 9.10. The van der Waals surface area contributed by atoms with Crippen LogP contribution in [0.1, 0.15) is 17.4 Å². The van der Waals surface area contributed by atoms with Gasteiger partial charge in [0.05, 0.1) is 5.02 Å². The third kappa shape index (κ3) is 2.21. The predicted molar refractivity (Wildman–Crippen MR) is 64.1 cm³/mol. The summed E-state index contributed by atoms with van der Waals surface area (Å²) in [6.45, 7) is 0. The molecule has 0 aliphatic heterocycles. The molecule has 3 N–H and O–H groups in total. The minimum absolute atomic E-state index is 0.226. The second-order valence-electron chi connectivity index (χ2n) is 3.17. The van der Waals surface area contributed by atoms with Crippen LogP contribution in [0.15, 0.2) is 33.5 Å². The Balaban J connectivity index is 2.40. The van der Waals surface area contributed by atoms with E-state index >= 15 is 0 Å². The summed E-state index contributed by atoms with van der Waals surface area (Å²) in [7, 11) is 0. The van der Waals surface area contributed by atoms with Gasteiger partial charge in [-0.3, -0.25) is 0 Å². The van der Waals surface area contributed by atoms with Crippen LogP contribution in [0.5, 0.6) is 0 Å². The molecule has 0 saturated carbocycles. The van der Waals surface area contributed by atoms with Crippen molar-refractivity contribution in [1.29, 1.82) is 0 Å². The number of aliphatic hydroxyl groups excluding tert-OH is 1. The number of hydrogen-bond acceptors (Lipinski definition) is 4. The van der Waals surface area contributed by atoms with Crippen molar-refractivity contribution in [3.63, 3.8) is 0 Å². The van der Waals surface area contributed by atoms with Crippen LogP contribution >= 0.6 is 27.5 Å². The monoisotopic (exact) mass is 302 g/mol. The number of halogens is 2. The van der Waals surface area contributed by atoms with E-state index in [1.807, 2.05) is 0 Å². The van der Waals surface area contributed by atoms with Crippen LogP contribution in [0.2, 0.25) is 5.02 Å². The molecular formula is C10H8BrClN2O2. The maximum Gasteiger partial charge on any atom is 0.169 e. The van der Waals surface area contributed by atoms with Gasteiger partial charge in [0.25, 0.3) is 0 Å². The molecule has 84 valence electrons. The van der Waals surface area contributed by atoms with Gasteiger partial charge in [-0.25, -0.2) is 4.98 Å². The number of nitrogens with two attached hydrogens (primary N) is 1. The van der Waals surface area contributed by atoms with Gasteiger partial charge in [0, 0.05) is 11.8 Å². The van der Waals surface area contributed by atoms with Gasteiger partial charge in [0.1, 0.15) is 17.7 Å². The van der Waals surface area contributed by atoms with Crippen molar-refractivity contribution in [2.75, 3.05) is 5.73 Å². The summed E-state index contributed by atoms with van der Waals surface area (Å²) in [6, 6.07) is 4.90. The normalized spacial score (nSPS) is 12.7. The van der Waals surface area contributed by atoms with E-state index in [2.05, 4.69) is 20.9 Å². The average molecular weight is 304 g/mol. The second-order valence-corrected chi connectivity index (χ2v) is 4.39. The Hall–Kier alpha value is -1.04. The van der Waals surface area contributed by atoms with E-state index in [9.17, 15) is 5.11 Å². The molecular weight excluding hydrogens is 295 g/mol. The van der Waals surface area contributed by atoms with E-state index in [0.29, 0.717) is 21.0 Å². The molecule has 0 radical (unpaired) electrons. The summed E-state index contributed by atoms with van der Waals surface area (Å²) >= 11 is 8.94. The van der Waals surface area contributed by atoms with Gasteiger partial charge in [0.2, 0.25) is 0 Å². The van der Waals surface area contributed by atoms with Gasteiger partial charge >= 0.3 is 0 Å². The predicted octanol–water partition coefficient (Wildman–Crippen LogP) is 2.75. The van der Waals surface area contributed by atoms with E-state index < -0.39 is 6.10 Å². The van der Waals surface area contributed by atoms with Crippen molar-refractivity contribution in [3.05, 3.63) is 45.4 Å². The summed E-state index contributed by atoms with van der Waals surface area (Å²) in [5.74, 6) is 0.604. The maximum atomic E-state index is 10.0. The minimum atomic E-state index is -0.975. The van der Waals surface area contributed by atoms with E-state index in [0.717, 1.165) is 0 Å². The first-order valence-electron chi connectivity index (χ1n) is 4.42. The molecule has 0 bridgehead atoms.